The summed E-state index contributed by atoms with van der Waals surface area (Å²) in [5.41, 5.74) is 0.798. The topological polar surface area (TPSA) is 41.1 Å². The van der Waals surface area contributed by atoms with Crippen LogP contribution >= 0.6 is 0 Å². The summed E-state index contributed by atoms with van der Waals surface area (Å²) in [4.78, 5) is 11.5. The van der Waals surface area contributed by atoms with Gasteiger partial charge in [-0.05, 0) is 44.2 Å². The second-order valence-electron chi connectivity index (χ2n) is 5.49. The number of nitrogens with one attached hydrogen (secondary N) is 2. The van der Waals surface area contributed by atoms with Gasteiger partial charge in [-0.3, -0.25) is 4.79 Å². The van der Waals surface area contributed by atoms with Gasteiger partial charge in [0.05, 0.1) is 6.54 Å². The van der Waals surface area contributed by atoms with Crippen molar-refractivity contribution in [3.8, 4) is 0 Å². The third-order valence-electron chi connectivity index (χ3n) is 3.48. The lowest BCUT2D eigenvalue weighted by molar-refractivity contribution is -0.121. The Morgan fingerprint density at radius 2 is 2.05 bits per heavy atom. The summed E-state index contributed by atoms with van der Waals surface area (Å²) < 4.78 is 13.6. The number of halogens is 1. The summed E-state index contributed by atoms with van der Waals surface area (Å²) in [6.07, 6.45) is 1.80. The number of amides is 1. The standard InChI is InChI=1S/C15H21FN2O/c1-10(2)18-15(19)9-17-12-7-11(8-12)13-5-3-4-6-14(13)16/h3-6,10-12,17H,7-9H2,1-2H3,(H,18,19). The van der Waals surface area contributed by atoms with Crippen LogP contribution in [0.15, 0.2) is 24.3 Å². The van der Waals surface area contributed by atoms with Crippen molar-refractivity contribution in [1.82, 2.24) is 10.6 Å². The summed E-state index contributed by atoms with van der Waals surface area (Å²) >= 11 is 0. The molecule has 1 fully saturated rings. The van der Waals surface area contributed by atoms with E-state index < -0.39 is 0 Å². The average molecular weight is 264 g/mol. The molecule has 0 spiro atoms. The molecule has 1 aromatic rings. The fourth-order valence-electron chi connectivity index (χ4n) is 2.45. The van der Waals surface area contributed by atoms with Crippen molar-refractivity contribution in [3.05, 3.63) is 35.6 Å². The summed E-state index contributed by atoms with van der Waals surface area (Å²) in [5, 5.41) is 6.05. The summed E-state index contributed by atoms with van der Waals surface area (Å²) in [6, 6.07) is 7.43. The molecule has 0 heterocycles. The van der Waals surface area contributed by atoms with E-state index >= 15 is 0 Å². The first-order valence-electron chi connectivity index (χ1n) is 6.83. The molecule has 104 valence electrons. The van der Waals surface area contributed by atoms with Crippen molar-refractivity contribution in [2.45, 2.75) is 44.7 Å². The number of carbonyl (C=O) groups is 1. The van der Waals surface area contributed by atoms with Gasteiger partial charge >= 0.3 is 0 Å². The molecule has 0 aliphatic heterocycles. The smallest absolute Gasteiger partial charge is 0.234 e. The Kier molecular flexibility index (Phi) is 4.53. The molecule has 2 rings (SSSR count). The molecule has 1 aliphatic carbocycles. The maximum Gasteiger partial charge on any atom is 0.234 e. The first-order valence-corrected chi connectivity index (χ1v) is 6.83. The molecular weight excluding hydrogens is 243 g/mol. The molecule has 1 aromatic carbocycles. The largest absolute Gasteiger partial charge is 0.353 e. The summed E-state index contributed by atoms with van der Waals surface area (Å²) in [7, 11) is 0. The third kappa shape index (κ3) is 3.77. The number of benzene rings is 1. The van der Waals surface area contributed by atoms with Crippen LogP contribution in [0.4, 0.5) is 4.39 Å². The van der Waals surface area contributed by atoms with E-state index in [9.17, 15) is 9.18 Å². The Morgan fingerprint density at radius 3 is 2.68 bits per heavy atom. The third-order valence-corrected chi connectivity index (χ3v) is 3.48. The van der Waals surface area contributed by atoms with Crippen molar-refractivity contribution in [2.75, 3.05) is 6.54 Å². The quantitative estimate of drug-likeness (QED) is 0.856. The molecule has 2 N–H and O–H groups in total. The predicted octanol–water partition coefficient (Wildman–Crippen LogP) is 2.19. The van der Waals surface area contributed by atoms with Gasteiger partial charge in [0.1, 0.15) is 5.82 Å². The van der Waals surface area contributed by atoms with Crippen LogP contribution < -0.4 is 10.6 Å². The van der Waals surface area contributed by atoms with Crippen molar-refractivity contribution in [2.24, 2.45) is 0 Å². The molecule has 1 saturated carbocycles. The second kappa shape index (κ2) is 6.15. The second-order valence-corrected chi connectivity index (χ2v) is 5.49. The minimum Gasteiger partial charge on any atom is -0.353 e. The number of carbonyl (C=O) groups excluding carboxylic acids is 1. The first-order chi connectivity index (χ1) is 9.06. The van der Waals surface area contributed by atoms with Gasteiger partial charge in [0.2, 0.25) is 5.91 Å². The van der Waals surface area contributed by atoms with Gasteiger partial charge in [-0.1, -0.05) is 18.2 Å². The van der Waals surface area contributed by atoms with E-state index in [-0.39, 0.29) is 23.7 Å². The zero-order chi connectivity index (χ0) is 13.8. The summed E-state index contributed by atoms with van der Waals surface area (Å²) in [6.45, 7) is 4.22. The Bertz CT molecular complexity index is 442. The maximum absolute atomic E-state index is 13.6. The molecule has 4 heteroatoms. The van der Waals surface area contributed by atoms with E-state index in [0.29, 0.717) is 12.6 Å². The highest BCUT2D eigenvalue weighted by Crippen LogP contribution is 2.37. The fraction of sp³-hybridized carbons (Fsp3) is 0.533. The van der Waals surface area contributed by atoms with E-state index in [1.807, 2.05) is 26.0 Å². The minimum atomic E-state index is -0.122. The number of hydrogen-bond donors (Lipinski definition) is 2. The van der Waals surface area contributed by atoms with Crippen molar-refractivity contribution < 1.29 is 9.18 Å². The molecular formula is C15H21FN2O. The van der Waals surface area contributed by atoms with E-state index in [1.165, 1.54) is 6.07 Å². The zero-order valence-electron chi connectivity index (χ0n) is 11.4. The Labute approximate surface area is 113 Å². The van der Waals surface area contributed by atoms with Crippen molar-refractivity contribution in [1.29, 1.82) is 0 Å². The minimum absolute atomic E-state index is 0.0179. The normalized spacial score (nSPS) is 22.1. The van der Waals surface area contributed by atoms with Crippen LogP contribution in [0.5, 0.6) is 0 Å². The summed E-state index contributed by atoms with van der Waals surface area (Å²) in [5.74, 6) is 0.180. The van der Waals surface area contributed by atoms with E-state index in [4.69, 9.17) is 0 Å². The van der Waals surface area contributed by atoms with Crippen LogP contribution in [0.1, 0.15) is 38.2 Å². The Hall–Kier alpha value is -1.42. The monoisotopic (exact) mass is 264 g/mol. The van der Waals surface area contributed by atoms with Gasteiger partial charge < -0.3 is 10.6 Å². The van der Waals surface area contributed by atoms with Gasteiger partial charge in [0.15, 0.2) is 0 Å². The zero-order valence-corrected chi connectivity index (χ0v) is 11.4. The molecule has 19 heavy (non-hydrogen) atoms. The van der Waals surface area contributed by atoms with Gasteiger partial charge in [-0.15, -0.1) is 0 Å². The number of rotatable bonds is 5. The van der Waals surface area contributed by atoms with E-state index in [1.54, 1.807) is 6.07 Å². The van der Waals surface area contributed by atoms with Gasteiger partial charge in [0, 0.05) is 12.1 Å². The van der Waals surface area contributed by atoms with Gasteiger partial charge in [-0.2, -0.15) is 0 Å². The highest BCUT2D eigenvalue weighted by atomic mass is 19.1. The highest BCUT2D eigenvalue weighted by molar-refractivity contribution is 5.78. The fourth-order valence-corrected chi connectivity index (χ4v) is 2.45. The Morgan fingerprint density at radius 1 is 1.37 bits per heavy atom. The number of hydrogen-bond acceptors (Lipinski definition) is 2. The van der Waals surface area contributed by atoms with E-state index in [2.05, 4.69) is 10.6 Å². The highest BCUT2D eigenvalue weighted by Gasteiger charge is 2.31. The Balaban J connectivity index is 1.72. The molecule has 0 bridgehead atoms. The molecule has 1 aliphatic rings. The van der Waals surface area contributed by atoms with E-state index in [0.717, 1.165) is 18.4 Å². The SMILES string of the molecule is CC(C)NC(=O)CNC1CC(c2ccccc2F)C1. The van der Waals surface area contributed by atoms with Gasteiger partial charge in [0.25, 0.3) is 0 Å². The van der Waals surface area contributed by atoms with Crippen LogP contribution in [0.3, 0.4) is 0 Å². The average Bonchev–Trinajstić information content (AvgIpc) is 2.28. The van der Waals surface area contributed by atoms with Gasteiger partial charge in [-0.25, -0.2) is 4.39 Å². The lowest BCUT2D eigenvalue weighted by Gasteiger charge is -2.36. The molecule has 0 aromatic heterocycles. The lowest BCUT2D eigenvalue weighted by Crippen LogP contribution is -2.46. The van der Waals surface area contributed by atoms with Crippen LogP contribution in [-0.4, -0.2) is 24.5 Å². The van der Waals surface area contributed by atoms with Crippen LogP contribution in [0.2, 0.25) is 0 Å². The molecule has 3 nitrogen and oxygen atoms in total. The van der Waals surface area contributed by atoms with Crippen LogP contribution in [-0.2, 0) is 4.79 Å². The van der Waals surface area contributed by atoms with Crippen molar-refractivity contribution >= 4 is 5.91 Å². The first kappa shape index (κ1) is 14.0. The van der Waals surface area contributed by atoms with Crippen LogP contribution in [0.25, 0.3) is 0 Å². The maximum atomic E-state index is 13.6. The van der Waals surface area contributed by atoms with Crippen molar-refractivity contribution in [3.63, 3.8) is 0 Å². The van der Waals surface area contributed by atoms with Crippen LogP contribution in [0, 0.1) is 5.82 Å². The molecule has 0 unspecified atom stereocenters. The molecule has 0 atom stereocenters. The molecule has 0 radical (unpaired) electrons. The lowest BCUT2D eigenvalue weighted by atomic mass is 9.75. The molecule has 1 amide bonds. The molecule has 0 saturated heterocycles. The predicted molar refractivity (Wildman–Crippen MR) is 73.4 cm³/mol.